The van der Waals surface area contributed by atoms with Crippen molar-refractivity contribution < 1.29 is 14.8 Å². The van der Waals surface area contributed by atoms with Crippen molar-refractivity contribution in [2.45, 2.75) is 0 Å². The van der Waals surface area contributed by atoms with Crippen LogP contribution in [0.1, 0.15) is 10.4 Å². The summed E-state index contributed by atoms with van der Waals surface area (Å²) in [6, 6.07) is 8.16. The van der Waals surface area contributed by atoms with E-state index >= 15 is 0 Å². The molecule has 0 aliphatic rings. The SMILES string of the molecule is O=C(Nc1ncccc1O)c1cccc([N+](=O)[O-])c1. The van der Waals surface area contributed by atoms with Crippen LogP contribution in [0.2, 0.25) is 0 Å². The fourth-order valence-electron chi connectivity index (χ4n) is 1.43. The highest BCUT2D eigenvalue weighted by Crippen LogP contribution is 2.20. The minimum atomic E-state index is -0.588. The Morgan fingerprint density at radius 3 is 2.79 bits per heavy atom. The number of anilines is 1. The summed E-state index contributed by atoms with van der Waals surface area (Å²) >= 11 is 0. The predicted molar refractivity (Wildman–Crippen MR) is 67.0 cm³/mol. The van der Waals surface area contributed by atoms with Crippen molar-refractivity contribution in [3.8, 4) is 5.75 Å². The average molecular weight is 259 g/mol. The molecule has 1 aromatic heterocycles. The van der Waals surface area contributed by atoms with Crippen molar-refractivity contribution in [2.24, 2.45) is 0 Å². The zero-order valence-electron chi connectivity index (χ0n) is 9.61. The first-order valence-electron chi connectivity index (χ1n) is 5.28. The zero-order chi connectivity index (χ0) is 13.8. The van der Waals surface area contributed by atoms with E-state index < -0.39 is 10.8 Å². The number of benzene rings is 1. The van der Waals surface area contributed by atoms with Crippen LogP contribution in [0, 0.1) is 10.1 Å². The summed E-state index contributed by atoms with van der Waals surface area (Å²) in [5.74, 6) is -0.766. The Morgan fingerprint density at radius 1 is 1.32 bits per heavy atom. The minimum Gasteiger partial charge on any atom is -0.504 e. The van der Waals surface area contributed by atoms with Crippen molar-refractivity contribution >= 4 is 17.4 Å². The molecule has 0 unspecified atom stereocenters. The van der Waals surface area contributed by atoms with Crippen molar-refractivity contribution in [1.29, 1.82) is 0 Å². The van der Waals surface area contributed by atoms with Gasteiger partial charge in [0.15, 0.2) is 11.6 Å². The number of pyridine rings is 1. The quantitative estimate of drug-likeness (QED) is 0.647. The van der Waals surface area contributed by atoms with Gasteiger partial charge in [0.05, 0.1) is 4.92 Å². The molecule has 2 N–H and O–H groups in total. The molecular weight excluding hydrogens is 250 g/mol. The van der Waals surface area contributed by atoms with Gasteiger partial charge in [0, 0.05) is 23.9 Å². The fourth-order valence-corrected chi connectivity index (χ4v) is 1.43. The number of nitro groups is 1. The van der Waals surface area contributed by atoms with Crippen molar-refractivity contribution in [2.75, 3.05) is 5.32 Å². The van der Waals surface area contributed by atoms with E-state index in [0.29, 0.717) is 0 Å². The van der Waals surface area contributed by atoms with Crippen LogP contribution in [0.4, 0.5) is 11.5 Å². The topological polar surface area (TPSA) is 105 Å². The molecule has 96 valence electrons. The number of nitrogens with one attached hydrogen (secondary N) is 1. The highest BCUT2D eigenvalue weighted by molar-refractivity contribution is 6.04. The smallest absolute Gasteiger partial charge is 0.270 e. The van der Waals surface area contributed by atoms with Crippen LogP contribution in [-0.4, -0.2) is 20.9 Å². The monoisotopic (exact) mass is 259 g/mol. The van der Waals surface area contributed by atoms with E-state index in [4.69, 9.17) is 0 Å². The van der Waals surface area contributed by atoms with E-state index in [9.17, 15) is 20.0 Å². The van der Waals surface area contributed by atoms with Gasteiger partial charge in [-0.1, -0.05) is 6.07 Å². The largest absolute Gasteiger partial charge is 0.504 e. The molecule has 2 aromatic rings. The van der Waals surface area contributed by atoms with Crippen LogP contribution >= 0.6 is 0 Å². The number of hydrogen-bond acceptors (Lipinski definition) is 5. The van der Waals surface area contributed by atoms with Crippen molar-refractivity contribution in [3.05, 3.63) is 58.3 Å². The number of aromatic hydroxyl groups is 1. The van der Waals surface area contributed by atoms with Gasteiger partial charge in [-0.2, -0.15) is 0 Å². The van der Waals surface area contributed by atoms with Crippen molar-refractivity contribution in [3.63, 3.8) is 0 Å². The molecule has 1 aromatic carbocycles. The molecular formula is C12H9N3O4. The highest BCUT2D eigenvalue weighted by atomic mass is 16.6. The lowest BCUT2D eigenvalue weighted by Crippen LogP contribution is -2.13. The predicted octanol–water partition coefficient (Wildman–Crippen LogP) is 1.95. The van der Waals surface area contributed by atoms with E-state index in [2.05, 4.69) is 10.3 Å². The van der Waals surface area contributed by atoms with E-state index in [1.807, 2.05) is 0 Å². The number of non-ortho nitro benzene ring substituents is 1. The summed E-state index contributed by atoms with van der Waals surface area (Å²) < 4.78 is 0. The van der Waals surface area contributed by atoms with E-state index in [1.54, 1.807) is 0 Å². The van der Waals surface area contributed by atoms with Crippen LogP contribution in [0.15, 0.2) is 42.6 Å². The van der Waals surface area contributed by atoms with Gasteiger partial charge in [0.25, 0.3) is 11.6 Å². The van der Waals surface area contributed by atoms with Gasteiger partial charge in [-0.05, 0) is 18.2 Å². The maximum absolute atomic E-state index is 11.9. The van der Waals surface area contributed by atoms with Crippen LogP contribution in [0.25, 0.3) is 0 Å². The summed E-state index contributed by atoms with van der Waals surface area (Å²) in [7, 11) is 0. The van der Waals surface area contributed by atoms with Crippen LogP contribution in [0.3, 0.4) is 0 Å². The second-order valence-electron chi connectivity index (χ2n) is 3.63. The number of nitro benzene ring substituents is 1. The van der Waals surface area contributed by atoms with Crippen LogP contribution < -0.4 is 5.32 Å². The van der Waals surface area contributed by atoms with Gasteiger partial charge in [-0.3, -0.25) is 14.9 Å². The number of carbonyl (C=O) groups excluding carboxylic acids is 1. The lowest BCUT2D eigenvalue weighted by molar-refractivity contribution is -0.384. The Balaban J connectivity index is 2.23. The molecule has 19 heavy (non-hydrogen) atoms. The molecule has 0 aliphatic heterocycles. The molecule has 0 aliphatic carbocycles. The number of hydrogen-bond donors (Lipinski definition) is 2. The second kappa shape index (κ2) is 5.13. The molecule has 0 radical (unpaired) electrons. The Hall–Kier alpha value is -2.96. The molecule has 1 amide bonds. The first-order chi connectivity index (χ1) is 9.08. The summed E-state index contributed by atoms with van der Waals surface area (Å²) in [6.07, 6.45) is 1.41. The number of aromatic nitrogens is 1. The number of nitrogens with zero attached hydrogens (tertiary/aromatic N) is 2. The Morgan fingerprint density at radius 2 is 2.11 bits per heavy atom. The number of amides is 1. The first kappa shape index (κ1) is 12.5. The minimum absolute atomic E-state index is 0.000920. The maximum atomic E-state index is 11.9. The van der Waals surface area contributed by atoms with Gasteiger partial charge in [0.1, 0.15) is 0 Å². The summed E-state index contributed by atoms with van der Waals surface area (Å²) in [6.45, 7) is 0. The Bertz CT molecular complexity index is 642. The summed E-state index contributed by atoms with van der Waals surface area (Å²) in [5.41, 5.74) is -0.0721. The standard InChI is InChI=1S/C12H9N3O4/c16-10-5-2-6-13-11(10)14-12(17)8-3-1-4-9(7-8)15(18)19/h1-7,16H,(H,13,14,17). The highest BCUT2D eigenvalue weighted by Gasteiger charge is 2.13. The van der Waals surface area contributed by atoms with Crippen LogP contribution in [-0.2, 0) is 0 Å². The van der Waals surface area contributed by atoms with E-state index in [-0.39, 0.29) is 22.8 Å². The number of rotatable bonds is 3. The molecule has 0 saturated heterocycles. The van der Waals surface area contributed by atoms with Crippen molar-refractivity contribution in [1.82, 2.24) is 4.98 Å². The van der Waals surface area contributed by atoms with Gasteiger partial charge in [-0.25, -0.2) is 4.98 Å². The van der Waals surface area contributed by atoms with E-state index in [0.717, 1.165) is 6.07 Å². The molecule has 0 saturated carbocycles. The normalized spacial score (nSPS) is 9.89. The van der Waals surface area contributed by atoms with E-state index in [1.165, 1.54) is 36.5 Å². The third-order valence-electron chi connectivity index (χ3n) is 2.34. The van der Waals surface area contributed by atoms with Gasteiger partial charge in [0.2, 0.25) is 0 Å². The fraction of sp³-hybridized carbons (Fsp3) is 0. The second-order valence-corrected chi connectivity index (χ2v) is 3.63. The molecule has 0 fully saturated rings. The average Bonchev–Trinajstić information content (AvgIpc) is 2.41. The summed E-state index contributed by atoms with van der Waals surface area (Å²) in [5, 5.41) is 22.4. The molecule has 0 bridgehead atoms. The molecule has 2 rings (SSSR count). The van der Waals surface area contributed by atoms with Gasteiger partial charge in [-0.15, -0.1) is 0 Å². The van der Waals surface area contributed by atoms with Gasteiger partial charge < -0.3 is 10.4 Å². The van der Waals surface area contributed by atoms with Gasteiger partial charge >= 0.3 is 0 Å². The molecule has 0 spiro atoms. The zero-order valence-corrected chi connectivity index (χ0v) is 9.61. The summed E-state index contributed by atoms with van der Waals surface area (Å²) in [4.78, 5) is 25.7. The molecule has 7 nitrogen and oxygen atoms in total. The third kappa shape index (κ3) is 2.83. The Labute approximate surface area is 107 Å². The number of carbonyl (C=O) groups is 1. The maximum Gasteiger partial charge on any atom is 0.270 e. The Kier molecular flexibility index (Phi) is 3.37. The third-order valence-corrected chi connectivity index (χ3v) is 2.34. The lowest BCUT2D eigenvalue weighted by atomic mass is 10.2. The van der Waals surface area contributed by atoms with Crippen LogP contribution in [0.5, 0.6) is 5.75 Å². The lowest BCUT2D eigenvalue weighted by Gasteiger charge is -2.05. The molecule has 1 heterocycles. The molecule has 0 atom stereocenters. The first-order valence-corrected chi connectivity index (χ1v) is 5.28. The molecule has 7 heteroatoms.